The van der Waals surface area contributed by atoms with Crippen LogP contribution in [0.15, 0.2) is 0 Å². The van der Waals surface area contributed by atoms with Crippen LogP contribution in [0.5, 0.6) is 0 Å². The Labute approximate surface area is 109 Å². The predicted octanol–water partition coefficient (Wildman–Crippen LogP) is 0.633. The number of hydrogen-bond donors (Lipinski definition) is 0. The van der Waals surface area contributed by atoms with E-state index < -0.39 is 20.1 Å². The van der Waals surface area contributed by atoms with Crippen LogP contribution in [0.25, 0.3) is 0 Å². The molecular weight excluding hydrogens is 252 g/mol. The molecule has 0 radical (unpaired) electrons. The summed E-state index contributed by atoms with van der Waals surface area (Å²) in [5.74, 6) is -0.255. The Balaban J connectivity index is 3.25. The van der Waals surface area contributed by atoms with E-state index in [2.05, 4.69) is 11.5 Å². The van der Waals surface area contributed by atoms with Gasteiger partial charge in [-0.1, -0.05) is 5.54 Å². The molecule has 100 valence electrons. The summed E-state index contributed by atoms with van der Waals surface area (Å²) in [5.41, 5.74) is 2.58. The second kappa shape index (κ2) is 5.41. The molecule has 6 heteroatoms. The van der Waals surface area contributed by atoms with Gasteiger partial charge in [0.1, 0.15) is 0 Å². The summed E-state index contributed by atoms with van der Waals surface area (Å²) in [5, 5.41) is 0. The standard InChI is InChI=1S/C12H18O5Si/c1-7-11(13-3)12(14-4,15-5)9-10-18(8-2,16-6)17-11/h1-2H,9-10H2,3-6H3. The smallest absolute Gasteiger partial charge is 0.389 e. The van der Waals surface area contributed by atoms with Gasteiger partial charge in [-0.25, -0.2) is 0 Å². The molecule has 1 rings (SSSR count). The van der Waals surface area contributed by atoms with Crippen molar-refractivity contribution in [3.8, 4) is 24.3 Å². The van der Waals surface area contributed by atoms with E-state index in [4.69, 9.17) is 35.9 Å². The lowest BCUT2D eigenvalue weighted by Gasteiger charge is -2.50. The molecule has 0 spiro atoms. The first-order chi connectivity index (χ1) is 8.53. The third-order valence-electron chi connectivity index (χ3n) is 3.28. The molecule has 1 fully saturated rings. The highest BCUT2D eigenvalue weighted by molar-refractivity contribution is 6.76. The van der Waals surface area contributed by atoms with Crippen LogP contribution in [0, 0.1) is 24.3 Å². The van der Waals surface area contributed by atoms with Gasteiger partial charge in [0.25, 0.3) is 5.79 Å². The minimum absolute atomic E-state index is 0.433. The maximum atomic E-state index is 5.83. The van der Waals surface area contributed by atoms with Crippen LogP contribution in [0.4, 0.5) is 0 Å². The molecule has 0 amide bonds. The summed E-state index contributed by atoms with van der Waals surface area (Å²) < 4.78 is 27.3. The lowest BCUT2D eigenvalue weighted by atomic mass is 10.0. The minimum Gasteiger partial charge on any atom is -0.389 e. The maximum Gasteiger partial charge on any atom is 0.426 e. The minimum atomic E-state index is -2.83. The molecule has 0 aliphatic carbocycles. The monoisotopic (exact) mass is 270 g/mol. The van der Waals surface area contributed by atoms with E-state index >= 15 is 0 Å². The van der Waals surface area contributed by atoms with Crippen LogP contribution in [-0.2, 0) is 23.1 Å². The molecule has 0 aromatic heterocycles. The summed E-state index contributed by atoms with van der Waals surface area (Å²) in [6.45, 7) is 0. The molecule has 0 aromatic carbocycles. The largest absolute Gasteiger partial charge is 0.426 e. The molecule has 2 atom stereocenters. The Bertz CT molecular complexity index is 381. The van der Waals surface area contributed by atoms with Gasteiger partial charge in [-0.15, -0.1) is 12.8 Å². The van der Waals surface area contributed by atoms with Crippen LogP contribution in [0.1, 0.15) is 6.42 Å². The summed E-state index contributed by atoms with van der Waals surface area (Å²) in [6, 6.07) is 0.508. The van der Waals surface area contributed by atoms with Crippen molar-refractivity contribution in [1.29, 1.82) is 0 Å². The van der Waals surface area contributed by atoms with E-state index in [1.807, 2.05) is 0 Å². The Morgan fingerprint density at radius 3 is 2.06 bits per heavy atom. The van der Waals surface area contributed by atoms with Gasteiger partial charge >= 0.3 is 8.56 Å². The van der Waals surface area contributed by atoms with E-state index in [-0.39, 0.29) is 0 Å². The van der Waals surface area contributed by atoms with Gasteiger partial charge in [0, 0.05) is 40.9 Å². The van der Waals surface area contributed by atoms with Gasteiger partial charge in [0.15, 0.2) is 0 Å². The highest BCUT2D eigenvalue weighted by atomic mass is 28.4. The molecule has 1 aliphatic rings. The van der Waals surface area contributed by atoms with Gasteiger partial charge in [-0.2, -0.15) is 0 Å². The zero-order valence-electron chi connectivity index (χ0n) is 11.1. The van der Waals surface area contributed by atoms with Crippen molar-refractivity contribution >= 4 is 8.56 Å². The highest BCUT2D eigenvalue weighted by Crippen LogP contribution is 2.43. The Hall–Kier alpha value is -0.863. The SMILES string of the molecule is C#CC1(OC)O[Si](C#C)(OC)CCC1(OC)OC. The van der Waals surface area contributed by atoms with Gasteiger partial charge in [0.05, 0.1) is 0 Å². The fraction of sp³-hybridized carbons (Fsp3) is 0.667. The van der Waals surface area contributed by atoms with Crippen LogP contribution >= 0.6 is 0 Å². The lowest BCUT2D eigenvalue weighted by molar-refractivity contribution is -0.359. The fourth-order valence-electron chi connectivity index (χ4n) is 2.11. The normalized spacial score (nSPS) is 34.6. The maximum absolute atomic E-state index is 5.83. The van der Waals surface area contributed by atoms with E-state index in [0.29, 0.717) is 12.5 Å². The summed E-state index contributed by atoms with van der Waals surface area (Å²) in [4.78, 5) is 0. The lowest BCUT2D eigenvalue weighted by Crippen LogP contribution is -2.68. The van der Waals surface area contributed by atoms with Crippen LogP contribution in [0.3, 0.4) is 0 Å². The third kappa shape index (κ3) is 1.98. The van der Waals surface area contributed by atoms with Crippen molar-refractivity contribution in [2.45, 2.75) is 24.0 Å². The van der Waals surface area contributed by atoms with Crippen LogP contribution in [-0.4, -0.2) is 48.6 Å². The zero-order valence-corrected chi connectivity index (χ0v) is 12.1. The summed E-state index contributed by atoms with van der Waals surface area (Å²) in [6.07, 6.45) is 11.5. The molecule has 1 saturated heterocycles. The van der Waals surface area contributed by atoms with Gasteiger partial charge in [-0.05, 0) is 5.92 Å². The Kier molecular flexibility index (Phi) is 4.57. The fourth-order valence-corrected chi connectivity index (χ4v) is 4.24. The van der Waals surface area contributed by atoms with Crippen molar-refractivity contribution < 1.29 is 23.1 Å². The van der Waals surface area contributed by atoms with Gasteiger partial charge < -0.3 is 23.1 Å². The number of hydrogen-bond acceptors (Lipinski definition) is 5. The first-order valence-electron chi connectivity index (χ1n) is 5.39. The first-order valence-corrected chi connectivity index (χ1v) is 7.42. The van der Waals surface area contributed by atoms with Gasteiger partial charge in [0.2, 0.25) is 5.79 Å². The average molecular weight is 270 g/mol. The van der Waals surface area contributed by atoms with Crippen molar-refractivity contribution in [2.24, 2.45) is 0 Å². The molecule has 5 nitrogen and oxygen atoms in total. The molecule has 18 heavy (non-hydrogen) atoms. The van der Waals surface area contributed by atoms with Crippen molar-refractivity contribution in [3.63, 3.8) is 0 Å². The van der Waals surface area contributed by atoms with Crippen molar-refractivity contribution in [1.82, 2.24) is 0 Å². The van der Waals surface area contributed by atoms with Crippen molar-refractivity contribution in [2.75, 3.05) is 28.4 Å². The summed E-state index contributed by atoms with van der Waals surface area (Å²) in [7, 11) is 3.06. The molecule has 0 bridgehead atoms. The molecule has 0 aromatic rings. The molecule has 1 aliphatic heterocycles. The van der Waals surface area contributed by atoms with Crippen LogP contribution < -0.4 is 0 Å². The Morgan fingerprint density at radius 1 is 1.11 bits per heavy atom. The number of terminal acetylenes is 2. The van der Waals surface area contributed by atoms with E-state index in [1.165, 1.54) is 28.4 Å². The van der Waals surface area contributed by atoms with Gasteiger partial charge in [-0.3, -0.25) is 0 Å². The quantitative estimate of drug-likeness (QED) is 0.426. The molecule has 0 saturated carbocycles. The topological polar surface area (TPSA) is 46.2 Å². The predicted molar refractivity (Wildman–Crippen MR) is 67.4 cm³/mol. The average Bonchev–Trinajstić information content (AvgIpc) is 2.46. The first kappa shape index (κ1) is 15.2. The molecule has 0 N–H and O–H groups in total. The van der Waals surface area contributed by atoms with Crippen molar-refractivity contribution in [3.05, 3.63) is 0 Å². The third-order valence-corrected chi connectivity index (χ3v) is 5.90. The van der Waals surface area contributed by atoms with Crippen LogP contribution in [0.2, 0.25) is 6.04 Å². The second-order valence-electron chi connectivity index (χ2n) is 3.83. The van der Waals surface area contributed by atoms with E-state index in [0.717, 1.165) is 0 Å². The number of ether oxygens (including phenoxy) is 3. The number of rotatable bonds is 4. The van der Waals surface area contributed by atoms with E-state index in [1.54, 1.807) is 0 Å². The molecule has 2 unspecified atom stereocenters. The van der Waals surface area contributed by atoms with E-state index in [9.17, 15) is 0 Å². The molecule has 1 heterocycles. The number of methoxy groups -OCH3 is 3. The highest BCUT2D eigenvalue weighted by Gasteiger charge is 2.64. The Morgan fingerprint density at radius 2 is 1.72 bits per heavy atom. The zero-order chi connectivity index (χ0) is 13.9. The molecular formula is C12H18O5Si. The second-order valence-corrected chi connectivity index (χ2v) is 6.74. The summed E-state index contributed by atoms with van der Waals surface area (Å²) >= 11 is 0.